The first kappa shape index (κ1) is 15.7. The Balaban J connectivity index is 1.53. The minimum atomic E-state index is 0.614. The summed E-state index contributed by atoms with van der Waals surface area (Å²) in [6.45, 7) is 5.93. The highest BCUT2D eigenvalue weighted by Gasteiger charge is 2.22. The fourth-order valence-corrected chi connectivity index (χ4v) is 3.77. The first-order chi connectivity index (χ1) is 11.8. The molecule has 24 heavy (non-hydrogen) atoms. The number of hydrogen-bond acceptors (Lipinski definition) is 4. The molecule has 0 N–H and O–H groups in total. The van der Waals surface area contributed by atoms with Crippen LogP contribution in [0.4, 0.5) is 5.69 Å². The molecule has 1 aromatic carbocycles. The Bertz CT molecular complexity index is 652. The van der Waals surface area contributed by atoms with E-state index in [2.05, 4.69) is 57.0 Å². The Kier molecular flexibility index (Phi) is 4.54. The van der Waals surface area contributed by atoms with Gasteiger partial charge in [0.05, 0.1) is 18.9 Å². The number of rotatable bonds is 3. The van der Waals surface area contributed by atoms with Crippen molar-refractivity contribution in [3.63, 3.8) is 0 Å². The molecule has 2 fully saturated rings. The molecule has 0 saturated carbocycles. The number of hydrogen-bond donors (Lipinski definition) is 0. The van der Waals surface area contributed by atoms with Crippen LogP contribution in [0, 0.1) is 0 Å². The van der Waals surface area contributed by atoms with E-state index < -0.39 is 0 Å². The van der Waals surface area contributed by atoms with Crippen LogP contribution >= 0.6 is 0 Å². The summed E-state index contributed by atoms with van der Waals surface area (Å²) in [4.78, 5) is 4.79. The van der Waals surface area contributed by atoms with Crippen LogP contribution < -0.4 is 4.90 Å². The van der Waals surface area contributed by atoms with Crippen molar-refractivity contribution in [3.8, 4) is 5.69 Å². The van der Waals surface area contributed by atoms with Crippen molar-refractivity contribution in [2.24, 2.45) is 0 Å². The van der Waals surface area contributed by atoms with Crippen LogP contribution in [0.5, 0.6) is 0 Å². The highest BCUT2D eigenvalue weighted by Crippen LogP contribution is 2.29. The van der Waals surface area contributed by atoms with Crippen molar-refractivity contribution < 1.29 is 4.74 Å². The number of morpholine rings is 1. The van der Waals surface area contributed by atoms with E-state index in [0.717, 1.165) is 32.0 Å². The van der Waals surface area contributed by atoms with Crippen LogP contribution in [0.15, 0.2) is 36.5 Å². The highest BCUT2D eigenvalue weighted by molar-refractivity contribution is 5.51. The zero-order valence-electron chi connectivity index (χ0n) is 14.4. The molecule has 0 spiro atoms. The first-order valence-electron chi connectivity index (χ1n) is 8.97. The van der Waals surface area contributed by atoms with Crippen LogP contribution in [-0.2, 0) is 4.74 Å². The molecule has 0 atom stereocenters. The quantitative estimate of drug-likeness (QED) is 0.868. The lowest BCUT2D eigenvalue weighted by atomic mass is 9.93. The topological polar surface area (TPSA) is 33.5 Å². The predicted octanol–water partition coefficient (Wildman–Crippen LogP) is 2.52. The van der Waals surface area contributed by atoms with Crippen LogP contribution in [-0.4, -0.2) is 61.1 Å². The van der Waals surface area contributed by atoms with E-state index in [9.17, 15) is 0 Å². The molecule has 2 aromatic rings. The van der Waals surface area contributed by atoms with Crippen LogP contribution in [0.1, 0.15) is 24.5 Å². The predicted molar refractivity (Wildman–Crippen MR) is 96.1 cm³/mol. The van der Waals surface area contributed by atoms with Crippen molar-refractivity contribution in [2.75, 3.05) is 51.3 Å². The maximum atomic E-state index is 5.44. The molecule has 0 amide bonds. The third-order valence-corrected chi connectivity index (χ3v) is 5.28. The van der Waals surface area contributed by atoms with Gasteiger partial charge in [-0.15, -0.1) is 0 Å². The van der Waals surface area contributed by atoms with E-state index in [1.54, 1.807) is 0 Å². The largest absolute Gasteiger partial charge is 0.378 e. The standard InChI is InChI=1S/C19H26N4O/c1-21-10-7-16(8-11-21)19-6-9-20-23(19)18-4-2-17(3-5-18)22-12-14-24-15-13-22/h2-6,9,16H,7-8,10-15H2,1H3. The molecule has 5 nitrogen and oxygen atoms in total. The van der Waals surface area contributed by atoms with Crippen molar-refractivity contribution in [2.45, 2.75) is 18.8 Å². The lowest BCUT2D eigenvalue weighted by molar-refractivity contribution is 0.122. The van der Waals surface area contributed by atoms with Gasteiger partial charge in [-0.1, -0.05) is 0 Å². The van der Waals surface area contributed by atoms with Crippen LogP contribution in [0.3, 0.4) is 0 Å². The van der Waals surface area contributed by atoms with Gasteiger partial charge in [0, 0.05) is 36.6 Å². The summed E-state index contributed by atoms with van der Waals surface area (Å²) < 4.78 is 7.56. The highest BCUT2D eigenvalue weighted by atomic mass is 16.5. The lowest BCUT2D eigenvalue weighted by Gasteiger charge is -2.30. The lowest BCUT2D eigenvalue weighted by Crippen LogP contribution is -2.36. The fraction of sp³-hybridized carbons (Fsp3) is 0.526. The minimum absolute atomic E-state index is 0.614. The monoisotopic (exact) mass is 326 g/mol. The van der Waals surface area contributed by atoms with E-state index in [-0.39, 0.29) is 0 Å². The molecule has 3 heterocycles. The molecule has 0 radical (unpaired) electrons. The molecule has 2 saturated heterocycles. The number of aromatic nitrogens is 2. The summed E-state index contributed by atoms with van der Waals surface area (Å²) in [7, 11) is 2.21. The number of likely N-dealkylation sites (tertiary alicyclic amines) is 1. The van der Waals surface area contributed by atoms with Crippen LogP contribution in [0.25, 0.3) is 5.69 Å². The SMILES string of the molecule is CN1CCC(c2ccnn2-c2ccc(N3CCOCC3)cc2)CC1. The number of ether oxygens (including phenoxy) is 1. The average molecular weight is 326 g/mol. The second-order valence-electron chi connectivity index (χ2n) is 6.86. The normalized spacial score (nSPS) is 20.5. The van der Waals surface area contributed by atoms with Gasteiger partial charge in [0.2, 0.25) is 0 Å². The van der Waals surface area contributed by atoms with Gasteiger partial charge in [0.1, 0.15) is 0 Å². The third-order valence-electron chi connectivity index (χ3n) is 5.28. The van der Waals surface area contributed by atoms with Gasteiger partial charge in [0.25, 0.3) is 0 Å². The van der Waals surface area contributed by atoms with Gasteiger partial charge in [-0.3, -0.25) is 0 Å². The molecule has 2 aliphatic rings. The Morgan fingerprint density at radius 2 is 1.58 bits per heavy atom. The Labute approximate surface area is 143 Å². The van der Waals surface area contributed by atoms with Crippen molar-refractivity contribution in [3.05, 3.63) is 42.2 Å². The van der Waals surface area contributed by atoms with Crippen LogP contribution in [0.2, 0.25) is 0 Å². The molecule has 0 bridgehead atoms. The fourth-order valence-electron chi connectivity index (χ4n) is 3.77. The van der Waals surface area contributed by atoms with Gasteiger partial charge in [0.15, 0.2) is 0 Å². The molecule has 2 aliphatic heterocycles. The third kappa shape index (κ3) is 3.19. The molecule has 128 valence electrons. The summed E-state index contributed by atoms with van der Waals surface area (Å²) >= 11 is 0. The first-order valence-corrected chi connectivity index (χ1v) is 8.97. The molecule has 4 rings (SSSR count). The van der Waals surface area contributed by atoms with Gasteiger partial charge < -0.3 is 14.5 Å². The van der Waals surface area contributed by atoms with Gasteiger partial charge in [-0.25, -0.2) is 4.68 Å². The Hall–Kier alpha value is -1.85. The number of nitrogens with zero attached hydrogens (tertiary/aromatic N) is 4. The zero-order chi connectivity index (χ0) is 16.4. The van der Waals surface area contributed by atoms with Crippen molar-refractivity contribution in [1.29, 1.82) is 0 Å². The van der Waals surface area contributed by atoms with Crippen molar-refractivity contribution >= 4 is 5.69 Å². The maximum Gasteiger partial charge on any atom is 0.0650 e. The second kappa shape index (κ2) is 6.95. The van der Waals surface area contributed by atoms with Gasteiger partial charge in [-0.05, 0) is 63.3 Å². The molecular weight excluding hydrogens is 300 g/mol. The average Bonchev–Trinajstić information content (AvgIpc) is 3.13. The zero-order valence-corrected chi connectivity index (χ0v) is 14.4. The maximum absolute atomic E-state index is 5.44. The molecule has 0 aliphatic carbocycles. The Morgan fingerprint density at radius 3 is 2.29 bits per heavy atom. The van der Waals surface area contributed by atoms with Gasteiger partial charge >= 0.3 is 0 Å². The number of anilines is 1. The van der Waals surface area contributed by atoms with E-state index in [1.807, 2.05) is 6.20 Å². The number of piperidine rings is 1. The van der Waals surface area contributed by atoms with E-state index >= 15 is 0 Å². The molecular formula is C19H26N4O. The smallest absolute Gasteiger partial charge is 0.0650 e. The summed E-state index contributed by atoms with van der Waals surface area (Å²) in [5, 5.41) is 4.59. The van der Waals surface area contributed by atoms with E-state index in [0.29, 0.717) is 5.92 Å². The molecule has 5 heteroatoms. The minimum Gasteiger partial charge on any atom is -0.378 e. The number of benzene rings is 1. The van der Waals surface area contributed by atoms with E-state index in [1.165, 1.54) is 37.3 Å². The summed E-state index contributed by atoms with van der Waals surface area (Å²) in [5.41, 5.74) is 3.78. The summed E-state index contributed by atoms with van der Waals surface area (Å²) in [6.07, 6.45) is 4.37. The van der Waals surface area contributed by atoms with Crippen molar-refractivity contribution in [1.82, 2.24) is 14.7 Å². The molecule has 0 unspecified atom stereocenters. The second-order valence-corrected chi connectivity index (χ2v) is 6.86. The summed E-state index contributed by atoms with van der Waals surface area (Å²) in [5.74, 6) is 0.614. The van der Waals surface area contributed by atoms with E-state index in [4.69, 9.17) is 4.74 Å². The van der Waals surface area contributed by atoms with Gasteiger partial charge in [-0.2, -0.15) is 5.10 Å². The molecule has 1 aromatic heterocycles. The summed E-state index contributed by atoms with van der Waals surface area (Å²) in [6, 6.07) is 11.0. The Morgan fingerprint density at radius 1 is 0.917 bits per heavy atom.